The maximum atomic E-state index is 11.7. The van der Waals surface area contributed by atoms with Gasteiger partial charge in [0.15, 0.2) is 5.78 Å². The first-order chi connectivity index (χ1) is 7.09. The summed E-state index contributed by atoms with van der Waals surface area (Å²) in [4.78, 5) is 15.8. The highest BCUT2D eigenvalue weighted by atomic mass is 16.1. The number of carbonyl (C=O) groups excluding carboxylic acids is 1. The summed E-state index contributed by atoms with van der Waals surface area (Å²) >= 11 is 0. The fourth-order valence-corrected chi connectivity index (χ4v) is 1.25. The number of rotatable bonds is 5. The summed E-state index contributed by atoms with van der Waals surface area (Å²) in [7, 11) is 0. The largest absolute Gasteiger partial charge is 0.314 e. The predicted octanol–water partition coefficient (Wildman–Crippen LogP) is 1.96. The Hall–Kier alpha value is -1.22. The molecule has 0 unspecified atom stereocenters. The smallest absolute Gasteiger partial charge is 0.165 e. The van der Waals surface area contributed by atoms with Gasteiger partial charge in [0, 0.05) is 36.5 Å². The summed E-state index contributed by atoms with van der Waals surface area (Å²) in [5, 5.41) is 3.22. The van der Waals surface area contributed by atoms with Gasteiger partial charge in [-0.15, -0.1) is 0 Å². The quantitative estimate of drug-likeness (QED) is 0.749. The van der Waals surface area contributed by atoms with Crippen LogP contribution in [0.25, 0.3) is 0 Å². The molecule has 15 heavy (non-hydrogen) atoms. The second kappa shape index (κ2) is 5.61. The van der Waals surface area contributed by atoms with Gasteiger partial charge in [-0.25, -0.2) is 0 Å². The number of aryl methyl sites for hydroxylation is 1. The molecule has 0 aliphatic heterocycles. The standard InChI is InChI=1S/C12H18N2O/c1-9(2)13-7-6-12(15)11-5-4-10(3)14-8-11/h4-5,8-9,13H,6-7H2,1-3H3. The van der Waals surface area contributed by atoms with Crippen molar-refractivity contribution in [3.63, 3.8) is 0 Å². The van der Waals surface area contributed by atoms with Crippen molar-refractivity contribution in [2.75, 3.05) is 6.54 Å². The first-order valence-corrected chi connectivity index (χ1v) is 5.29. The van der Waals surface area contributed by atoms with Gasteiger partial charge >= 0.3 is 0 Å². The van der Waals surface area contributed by atoms with Crippen LogP contribution in [-0.4, -0.2) is 23.4 Å². The number of aromatic nitrogens is 1. The minimum Gasteiger partial charge on any atom is -0.314 e. The highest BCUT2D eigenvalue weighted by molar-refractivity contribution is 5.95. The second-order valence-electron chi connectivity index (χ2n) is 3.97. The molecule has 1 heterocycles. The van der Waals surface area contributed by atoms with Gasteiger partial charge in [-0.1, -0.05) is 13.8 Å². The Bertz CT molecular complexity index is 317. The number of nitrogens with one attached hydrogen (secondary N) is 1. The Morgan fingerprint density at radius 2 is 2.20 bits per heavy atom. The maximum Gasteiger partial charge on any atom is 0.165 e. The van der Waals surface area contributed by atoms with Crippen LogP contribution in [0.15, 0.2) is 18.3 Å². The van der Waals surface area contributed by atoms with Gasteiger partial charge in [-0.3, -0.25) is 9.78 Å². The van der Waals surface area contributed by atoms with Crippen LogP contribution in [0.4, 0.5) is 0 Å². The van der Waals surface area contributed by atoms with Crippen molar-refractivity contribution in [2.24, 2.45) is 0 Å². The third-order valence-electron chi connectivity index (χ3n) is 2.14. The Morgan fingerprint density at radius 3 is 2.73 bits per heavy atom. The third-order valence-corrected chi connectivity index (χ3v) is 2.14. The highest BCUT2D eigenvalue weighted by Gasteiger charge is 2.05. The van der Waals surface area contributed by atoms with Crippen molar-refractivity contribution < 1.29 is 4.79 Å². The van der Waals surface area contributed by atoms with E-state index in [0.29, 0.717) is 18.0 Å². The molecule has 1 aromatic heterocycles. The Balaban J connectivity index is 2.43. The van der Waals surface area contributed by atoms with Crippen molar-refractivity contribution in [3.8, 4) is 0 Å². The zero-order valence-corrected chi connectivity index (χ0v) is 9.58. The molecule has 1 rings (SSSR count). The van der Waals surface area contributed by atoms with Crippen LogP contribution in [0.3, 0.4) is 0 Å². The van der Waals surface area contributed by atoms with Crippen LogP contribution < -0.4 is 5.32 Å². The minimum absolute atomic E-state index is 0.149. The molecule has 0 saturated carbocycles. The predicted molar refractivity (Wildman–Crippen MR) is 61.1 cm³/mol. The second-order valence-corrected chi connectivity index (χ2v) is 3.97. The van der Waals surface area contributed by atoms with E-state index in [-0.39, 0.29) is 5.78 Å². The van der Waals surface area contributed by atoms with Gasteiger partial charge in [-0.05, 0) is 19.1 Å². The van der Waals surface area contributed by atoms with Gasteiger partial charge in [0.25, 0.3) is 0 Å². The maximum absolute atomic E-state index is 11.7. The van der Waals surface area contributed by atoms with E-state index in [4.69, 9.17) is 0 Å². The highest BCUT2D eigenvalue weighted by Crippen LogP contribution is 2.02. The number of carbonyl (C=O) groups is 1. The lowest BCUT2D eigenvalue weighted by atomic mass is 10.1. The molecule has 0 fully saturated rings. The number of hydrogen-bond donors (Lipinski definition) is 1. The summed E-state index contributed by atoms with van der Waals surface area (Å²) in [6.45, 7) is 6.77. The van der Waals surface area contributed by atoms with Crippen LogP contribution in [0.2, 0.25) is 0 Å². The monoisotopic (exact) mass is 206 g/mol. The van der Waals surface area contributed by atoms with E-state index in [9.17, 15) is 4.79 Å². The lowest BCUT2D eigenvalue weighted by Gasteiger charge is -2.06. The molecule has 3 heteroatoms. The Morgan fingerprint density at radius 1 is 1.47 bits per heavy atom. The van der Waals surface area contributed by atoms with Crippen LogP contribution in [0, 0.1) is 6.92 Å². The molecule has 0 spiro atoms. The van der Waals surface area contributed by atoms with Gasteiger partial charge in [0.2, 0.25) is 0 Å². The summed E-state index contributed by atoms with van der Waals surface area (Å²) in [6.07, 6.45) is 2.18. The van der Waals surface area contributed by atoms with E-state index in [1.165, 1.54) is 0 Å². The minimum atomic E-state index is 0.149. The Kier molecular flexibility index (Phi) is 4.43. The molecule has 0 amide bonds. The average Bonchev–Trinajstić information content (AvgIpc) is 2.18. The van der Waals surface area contributed by atoms with Crippen LogP contribution in [0.1, 0.15) is 36.3 Å². The molecule has 1 N–H and O–H groups in total. The molecule has 3 nitrogen and oxygen atoms in total. The van der Waals surface area contributed by atoms with Gasteiger partial charge in [0.05, 0.1) is 0 Å². The number of ketones is 1. The number of pyridine rings is 1. The molecular formula is C12H18N2O. The molecule has 0 aromatic carbocycles. The van der Waals surface area contributed by atoms with Gasteiger partial charge < -0.3 is 5.32 Å². The number of Topliss-reactive ketones (excluding diaryl/α,β-unsaturated/α-hetero) is 1. The van der Waals surface area contributed by atoms with Gasteiger partial charge in [-0.2, -0.15) is 0 Å². The fourth-order valence-electron chi connectivity index (χ4n) is 1.25. The first kappa shape index (κ1) is 11.9. The van der Waals surface area contributed by atoms with Crippen LogP contribution in [-0.2, 0) is 0 Å². The normalized spacial score (nSPS) is 10.7. The zero-order chi connectivity index (χ0) is 11.3. The van der Waals surface area contributed by atoms with Crippen LogP contribution in [0.5, 0.6) is 0 Å². The number of nitrogens with zero attached hydrogens (tertiary/aromatic N) is 1. The molecule has 0 bridgehead atoms. The van der Waals surface area contributed by atoms with E-state index in [1.807, 2.05) is 19.1 Å². The molecule has 0 atom stereocenters. The fraction of sp³-hybridized carbons (Fsp3) is 0.500. The van der Waals surface area contributed by atoms with Crippen molar-refractivity contribution in [3.05, 3.63) is 29.6 Å². The molecule has 0 radical (unpaired) electrons. The van der Waals surface area contributed by atoms with Crippen LogP contribution >= 0.6 is 0 Å². The zero-order valence-electron chi connectivity index (χ0n) is 9.58. The molecule has 0 aliphatic carbocycles. The van der Waals surface area contributed by atoms with E-state index < -0.39 is 0 Å². The summed E-state index contributed by atoms with van der Waals surface area (Å²) in [5.41, 5.74) is 1.64. The van der Waals surface area contributed by atoms with Gasteiger partial charge in [0.1, 0.15) is 0 Å². The number of hydrogen-bond acceptors (Lipinski definition) is 3. The van der Waals surface area contributed by atoms with E-state index in [2.05, 4.69) is 24.1 Å². The SMILES string of the molecule is Cc1ccc(C(=O)CCNC(C)C)cn1. The Labute approximate surface area is 90.9 Å². The summed E-state index contributed by atoms with van der Waals surface area (Å²) in [5.74, 6) is 0.149. The van der Waals surface area contributed by atoms with Crippen molar-refractivity contribution in [2.45, 2.75) is 33.2 Å². The van der Waals surface area contributed by atoms with E-state index in [1.54, 1.807) is 6.20 Å². The molecule has 0 saturated heterocycles. The first-order valence-electron chi connectivity index (χ1n) is 5.29. The molecule has 1 aromatic rings. The van der Waals surface area contributed by atoms with E-state index >= 15 is 0 Å². The summed E-state index contributed by atoms with van der Waals surface area (Å²) in [6, 6.07) is 4.12. The van der Waals surface area contributed by atoms with Crippen molar-refractivity contribution >= 4 is 5.78 Å². The molecule has 82 valence electrons. The average molecular weight is 206 g/mol. The third kappa shape index (κ3) is 4.21. The van der Waals surface area contributed by atoms with Crippen molar-refractivity contribution in [1.29, 1.82) is 0 Å². The topological polar surface area (TPSA) is 42.0 Å². The van der Waals surface area contributed by atoms with E-state index in [0.717, 1.165) is 12.2 Å². The van der Waals surface area contributed by atoms with Crippen molar-refractivity contribution in [1.82, 2.24) is 10.3 Å². The lowest BCUT2D eigenvalue weighted by Crippen LogP contribution is -2.25. The molecular weight excluding hydrogens is 188 g/mol. The summed E-state index contributed by atoms with van der Waals surface area (Å²) < 4.78 is 0. The molecule has 0 aliphatic rings. The lowest BCUT2D eigenvalue weighted by molar-refractivity contribution is 0.0981.